The van der Waals surface area contributed by atoms with Gasteiger partial charge in [-0.25, -0.2) is 0 Å². The number of halogens is 1. The first-order valence-electron chi connectivity index (χ1n) is 13.7. The Balaban J connectivity index is 1.40. The molecule has 2 atom stereocenters. The quantitative estimate of drug-likeness (QED) is 0.110. The summed E-state index contributed by atoms with van der Waals surface area (Å²) in [6.07, 6.45) is 1.81. The highest BCUT2D eigenvalue weighted by atomic mass is 35.5. The summed E-state index contributed by atoms with van der Waals surface area (Å²) in [5, 5.41) is 15.9. The van der Waals surface area contributed by atoms with E-state index in [1.54, 1.807) is 23.9 Å². The number of nitrogens with one attached hydrogen (secondary N) is 1. The average Bonchev–Trinajstić information content (AvgIpc) is 3.45. The zero-order chi connectivity index (χ0) is 30.2. The Kier molecular flexibility index (Phi) is 7.96. The summed E-state index contributed by atoms with van der Waals surface area (Å²) in [6, 6.07) is 28.4. The van der Waals surface area contributed by atoms with Gasteiger partial charge in [-0.2, -0.15) is 0 Å². The van der Waals surface area contributed by atoms with Crippen LogP contribution in [-0.4, -0.2) is 19.6 Å². The number of pyridine rings is 1. The molecule has 1 saturated heterocycles. The van der Waals surface area contributed by atoms with Gasteiger partial charge in [-0.1, -0.05) is 35.5 Å². The summed E-state index contributed by atoms with van der Waals surface area (Å²) in [6.45, 7) is 6.45. The molecule has 43 heavy (non-hydrogen) atoms. The second-order valence-electron chi connectivity index (χ2n) is 10.4. The number of anilines is 1. The van der Waals surface area contributed by atoms with Crippen molar-refractivity contribution in [3.05, 3.63) is 141 Å². The molecular weight excluding hydrogens is 598 g/mol. The molecule has 5 aromatic rings. The van der Waals surface area contributed by atoms with E-state index >= 15 is 0 Å². The van der Waals surface area contributed by atoms with E-state index in [4.69, 9.17) is 28.8 Å². The lowest BCUT2D eigenvalue weighted by Crippen LogP contribution is -2.29. The first-order valence-corrected chi connectivity index (χ1v) is 15.3. The Labute approximate surface area is 264 Å². The van der Waals surface area contributed by atoms with Gasteiger partial charge >= 0.3 is 0 Å². The lowest BCUT2D eigenvalue weighted by Gasteiger charge is -2.29. The van der Waals surface area contributed by atoms with Crippen molar-refractivity contribution in [3.63, 3.8) is 0 Å². The smallest absolute Gasteiger partial charge is 0.269 e. The van der Waals surface area contributed by atoms with Gasteiger partial charge in [-0.05, 0) is 105 Å². The van der Waals surface area contributed by atoms with E-state index in [0.29, 0.717) is 10.1 Å². The molecule has 0 saturated carbocycles. The van der Waals surface area contributed by atoms with Gasteiger partial charge in [0.1, 0.15) is 0 Å². The maximum atomic E-state index is 11.0. The third-order valence-electron chi connectivity index (χ3n) is 7.87. The minimum atomic E-state index is -0.390. The highest BCUT2D eigenvalue weighted by molar-refractivity contribution is 7.99. The Morgan fingerprint density at radius 3 is 2.23 bits per heavy atom. The topological polar surface area (TPSA) is 76.2 Å². The van der Waals surface area contributed by atoms with Crippen molar-refractivity contribution in [1.82, 2.24) is 14.9 Å². The maximum absolute atomic E-state index is 11.0. The number of thiocarbonyl (C=S) groups is 1. The molecule has 3 heterocycles. The van der Waals surface area contributed by atoms with E-state index < -0.39 is 0 Å². The first-order chi connectivity index (χ1) is 20.7. The number of benzene rings is 3. The Morgan fingerprint density at radius 1 is 0.907 bits per heavy atom. The lowest BCUT2D eigenvalue weighted by atomic mass is 9.93. The highest BCUT2D eigenvalue weighted by Crippen LogP contribution is 2.46. The van der Waals surface area contributed by atoms with Crippen LogP contribution in [0.15, 0.2) is 107 Å². The normalized spacial score (nSPS) is 16.4. The maximum Gasteiger partial charge on any atom is 0.269 e. The Bertz CT molecular complexity index is 1830. The van der Waals surface area contributed by atoms with Crippen molar-refractivity contribution in [2.24, 2.45) is 0 Å². The number of hydrogen-bond donors (Lipinski definition) is 1. The second-order valence-corrected chi connectivity index (χ2v) is 12.3. The fourth-order valence-corrected chi connectivity index (χ4v) is 7.16. The molecule has 2 aromatic heterocycles. The van der Waals surface area contributed by atoms with Crippen LogP contribution in [0.4, 0.5) is 11.4 Å². The summed E-state index contributed by atoms with van der Waals surface area (Å²) in [4.78, 5) is 19.5. The predicted molar refractivity (Wildman–Crippen MR) is 177 cm³/mol. The summed E-state index contributed by atoms with van der Waals surface area (Å²) in [5.74, 6) is 0. The number of nitrogens with zero attached hydrogens (tertiary/aromatic N) is 4. The summed E-state index contributed by atoms with van der Waals surface area (Å²) in [7, 11) is 0. The molecule has 0 spiro atoms. The molecule has 216 valence electrons. The molecular formula is C33H28ClN5O2S2. The molecule has 0 radical (unpaired) electrons. The van der Waals surface area contributed by atoms with Gasteiger partial charge < -0.3 is 14.8 Å². The second kappa shape index (κ2) is 11.8. The molecule has 10 heteroatoms. The Morgan fingerprint density at radius 2 is 1.60 bits per heavy atom. The van der Waals surface area contributed by atoms with E-state index in [0.717, 1.165) is 38.2 Å². The minimum Gasteiger partial charge on any atom is -0.351 e. The largest absolute Gasteiger partial charge is 0.351 e. The molecule has 0 bridgehead atoms. The molecule has 0 aliphatic carbocycles. The van der Waals surface area contributed by atoms with E-state index in [1.165, 1.54) is 23.3 Å². The number of non-ortho nitro benzene ring substituents is 1. The van der Waals surface area contributed by atoms with Crippen molar-refractivity contribution in [1.29, 1.82) is 0 Å². The van der Waals surface area contributed by atoms with Crippen LogP contribution in [0.2, 0.25) is 5.02 Å². The first kappa shape index (κ1) is 28.9. The minimum absolute atomic E-state index is 0.0771. The number of rotatable bonds is 7. The number of hydrogen-bond acceptors (Lipinski definition) is 5. The van der Waals surface area contributed by atoms with Crippen molar-refractivity contribution in [2.45, 2.75) is 42.6 Å². The SMILES string of the molecule is Cc1c([C@@H]2[C@H](c3ccccn3)NC(=S)N2c2ccc(Sc3ccc([N+](=O)[O-])cc3)cc2)c(C)n(-c2cccc(Cl)c2)c1C. The van der Waals surface area contributed by atoms with E-state index in [1.807, 2.05) is 42.6 Å². The molecule has 1 aliphatic rings. The van der Waals surface area contributed by atoms with Crippen molar-refractivity contribution in [3.8, 4) is 5.69 Å². The molecule has 1 fully saturated rings. The zero-order valence-corrected chi connectivity index (χ0v) is 26.1. The monoisotopic (exact) mass is 625 g/mol. The summed E-state index contributed by atoms with van der Waals surface area (Å²) >= 11 is 13.9. The van der Waals surface area contributed by atoms with Crippen LogP contribution in [0.5, 0.6) is 0 Å². The van der Waals surface area contributed by atoms with Gasteiger partial charge in [0, 0.05) is 61.5 Å². The van der Waals surface area contributed by atoms with E-state index in [-0.39, 0.29) is 22.7 Å². The van der Waals surface area contributed by atoms with Gasteiger partial charge in [0.15, 0.2) is 5.11 Å². The van der Waals surface area contributed by atoms with E-state index in [2.05, 4.69) is 65.9 Å². The van der Waals surface area contributed by atoms with Gasteiger partial charge in [0.05, 0.1) is 22.7 Å². The predicted octanol–water partition coefficient (Wildman–Crippen LogP) is 8.69. The van der Waals surface area contributed by atoms with Crippen molar-refractivity contribution >= 4 is 52.1 Å². The third-order valence-corrected chi connectivity index (χ3v) is 9.43. The van der Waals surface area contributed by atoms with Crippen LogP contribution in [-0.2, 0) is 0 Å². The van der Waals surface area contributed by atoms with Crippen LogP contribution >= 0.6 is 35.6 Å². The molecule has 3 aromatic carbocycles. The number of nitro benzene ring substituents is 1. The summed E-state index contributed by atoms with van der Waals surface area (Å²) < 4.78 is 2.26. The highest BCUT2D eigenvalue weighted by Gasteiger charge is 2.43. The summed E-state index contributed by atoms with van der Waals surface area (Å²) in [5.41, 5.74) is 7.59. The van der Waals surface area contributed by atoms with Crippen LogP contribution in [0, 0.1) is 30.9 Å². The van der Waals surface area contributed by atoms with Gasteiger partial charge in [0.2, 0.25) is 0 Å². The van der Waals surface area contributed by atoms with Gasteiger partial charge in [-0.3, -0.25) is 15.1 Å². The lowest BCUT2D eigenvalue weighted by molar-refractivity contribution is -0.384. The molecule has 0 amide bonds. The molecule has 1 aliphatic heterocycles. The molecule has 1 N–H and O–H groups in total. The third kappa shape index (κ3) is 5.51. The Hall–Kier alpha value is -4.18. The van der Waals surface area contributed by atoms with Gasteiger partial charge in [0.25, 0.3) is 5.69 Å². The fourth-order valence-electron chi connectivity index (χ4n) is 5.82. The average molecular weight is 626 g/mol. The van der Waals surface area contributed by atoms with E-state index in [9.17, 15) is 10.1 Å². The standard InChI is InChI=1S/C33H28ClN5O2S2/c1-20-21(2)37(26-8-6-7-23(34)19-26)22(3)30(20)32-31(29-9-4-5-18-35-29)36-33(42)38(32)24-10-14-27(15-11-24)43-28-16-12-25(13-17-28)39(40)41/h4-19,31-32H,1-3H3,(H,36,42)/t31-,32+/m0/s1. The van der Waals surface area contributed by atoms with Gasteiger partial charge in [-0.15, -0.1) is 0 Å². The molecule has 7 nitrogen and oxygen atoms in total. The number of aromatic nitrogens is 2. The van der Waals surface area contributed by atoms with Crippen LogP contribution < -0.4 is 10.2 Å². The molecule has 0 unspecified atom stereocenters. The van der Waals surface area contributed by atoms with Crippen molar-refractivity contribution in [2.75, 3.05) is 4.90 Å². The zero-order valence-electron chi connectivity index (χ0n) is 23.7. The van der Waals surface area contributed by atoms with Crippen molar-refractivity contribution < 1.29 is 4.92 Å². The van der Waals surface area contributed by atoms with Crippen LogP contribution in [0.1, 0.15) is 40.3 Å². The molecule has 6 rings (SSSR count). The number of nitro groups is 1. The fraction of sp³-hybridized carbons (Fsp3) is 0.152. The van der Waals surface area contributed by atoms with Crippen LogP contribution in [0.25, 0.3) is 5.69 Å². The van der Waals surface area contributed by atoms with Crippen LogP contribution in [0.3, 0.4) is 0 Å².